The van der Waals surface area contributed by atoms with Crippen molar-refractivity contribution in [3.05, 3.63) is 66.9 Å². The second-order valence-electron chi connectivity index (χ2n) is 5.00. The lowest BCUT2D eigenvalue weighted by atomic mass is 9.99. The Morgan fingerprint density at radius 2 is 1.27 bits per heavy atom. The van der Waals surface area contributed by atoms with Crippen LogP contribution in [-0.4, -0.2) is 14.7 Å². The van der Waals surface area contributed by atoms with Gasteiger partial charge in [0.1, 0.15) is 5.82 Å². The van der Waals surface area contributed by atoms with Gasteiger partial charge in [0.15, 0.2) is 9.84 Å². The Bertz CT molecular complexity index is 892. The molecule has 0 aliphatic heterocycles. The van der Waals surface area contributed by atoms with Gasteiger partial charge in [0.05, 0.1) is 17.4 Å². The first-order valence-corrected chi connectivity index (χ1v) is 8.47. The van der Waals surface area contributed by atoms with Crippen LogP contribution < -0.4 is 0 Å². The first kappa shape index (κ1) is 14.5. The third-order valence-electron chi connectivity index (χ3n) is 3.41. The van der Waals surface area contributed by atoms with Crippen molar-refractivity contribution in [3.63, 3.8) is 0 Å². The van der Waals surface area contributed by atoms with Crippen LogP contribution in [0.1, 0.15) is 0 Å². The van der Waals surface area contributed by atoms with E-state index in [2.05, 4.69) is 0 Å². The molecule has 0 saturated heterocycles. The molecule has 2 aromatic carbocycles. The average molecular weight is 316 g/mol. The average Bonchev–Trinajstić information content (AvgIpc) is 2.97. The van der Waals surface area contributed by atoms with E-state index in [1.807, 2.05) is 0 Å². The monoisotopic (exact) mass is 316 g/mol. The summed E-state index contributed by atoms with van der Waals surface area (Å²) in [6.07, 6.45) is 4.35. The Hall–Kier alpha value is -2.40. The van der Waals surface area contributed by atoms with Gasteiger partial charge in [-0.3, -0.25) is 0 Å². The van der Waals surface area contributed by atoms with Crippen LogP contribution in [0.4, 0.5) is 4.39 Å². The van der Waals surface area contributed by atoms with E-state index in [4.69, 9.17) is 4.42 Å². The maximum atomic E-state index is 13.0. The number of hydrogen-bond donors (Lipinski definition) is 0. The summed E-state index contributed by atoms with van der Waals surface area (Å²) in [5.74, 6) is -0.300. The molecule has 0 unspecified atom stereocenters. The molecule has 0 amide bonds. The number of sulfone groups is 1. The number of furan rings is 1. The molecule has 3 nitrogen and oxygen atoms in total. The summed E-state index contributed by atoms with van der Waals surface area (Å²) < 4.78 is 41.3. The summed E-state index contributed by atoms with van der Waals surface area (Å²) in [6.45, 7) is 0. The van der Waals surface area contributed by atoms with Gasteiger partial charge in [-0.1, -0.05) is 24.3 Å². The maximum Gasteiger partial charge on any atom is 0.175 e. The quantitative estimate of drug-likeness (QED) is 0.729. The lowest BCUT2D eigenvalue weighted by molar-refractivity contribution is 0.569. The van der Waals surface area contributed by atoms with E-state index in [9.17, 15) is 12.8 Å². The number of halogens is 1. The van der Waals surface area contributed by atoms with Gasteiger partial charge in [0.25, 0.3) is 0 Å². The van der Waals surface area contributed by atoms with Crippen molar-refractivity contribution in [1.82, 2.24) is 0 Å². The fraction of sp³-hybridized carbons (Fsp3) is 0.0588. The Labute approximate surface area is 127 Å². The molecule has 1 heterocycles. The molecular formula is C17H13FO3S. The molecule has 22 heavy (non-hydrogen) atoms. The normalized spacial score (nSPS) is 11.5. The minimum atomic E-state index is -3.22. The smallest absolute Gasteiger partial charge is 0.175 e. The molecule has 0 aliphatic rings. The van der Waals surface area contributed by atoms with Crippen LogP contribution >= 0.6 is 0 Å². The van der Waals surface area contributed by atoms with Crippen molar-refractivity contribution >= 4 is 9.84 Å². The topological polar surface area (TPSA) is 47.3 Å². The van der Waals surface area contributed by atoms with E-state index in [0.29, 0.717) is 0 Å². The Morgan fingerprint density at radius 3 is 1.73 bits per heavy atom. The molecule has 0 bridgehead atoms. The fourth-order valence-corrected chi connectivity index (χ4v) is 2.89. The highest BCUT2D eigenvalue weighted by Gasteiger charge is 2.12. The number of hydrogen-bond acceptors (Lipinski definition) is 3. The highest BCUT2D eigenvalue weighted by atomic mass is 32.2. The van der Waals surface area contributed by atoms with Crippen LogP contribution in [0.5, 0.6) is 0 Å². The summed E-state index contributed by atoms with van der Waals surface area (Å²) in [6, 6.07) is 12.7. The standard InChI is InChI=1S/C17H13FO3S/c1-22(19,20)15-8-4-13(5-9-15)17-11-21-10-16(17)12-2-6-14(18)7-3-12/h2-11H,1H3. The van der Waals surface area contributed by atoms with Gasteiger partial charge < -0.3 is 4.42 Å². The lowest BCUT2D eigenvalue weighted by Crippen LogP contribution is -1.96. The molecule has 5 heteroatoms. The zero-order valence-corrected chi connectivity index (χ0v) is 12.6. The summed E-state index contributed by atoms with van der Waals surface area (Å²) in [5, 5.41) is 0. The van der Waals surface area contributed by atoms with Crippen LogP contribution in [-0.2, 0) is 9.84 Å². The molecular weight excluding hydrogens is 303 g/mol. The molecule has 1 aromatic heterocycles. The van der Waals surface area contributed by atoms with Crippen LogP contribution in [0, 0.1) is 5.82 Å². The summed E-state index contributed by atoms with van der Waals surface area (Å²) in [4.78, 5) is 0.267. The summed E-state index contributed by atoms with van der Waals surface area (Å²) >= 11 is 0. The summed E-state index contributed by atoms with van der Waals surface area (Å²) in [7, 11) is -3.22. The highest BCUT2D eigenvalue weighted by molar-refractivity contribution is 7.90. The fourth-order valence-electron chi connectivity index (χ4n) is 2.26. The van der Waals surface area contributed by atoms with Crippen LogP contribution in [0.3, 0.4) is 0 Å². The molecule has 0 aliphatic carbocycles. The molecule has 3 aromatic rings. The van der Waals surface area contributed by atoms with Gasteiger partial charge in [-0.2, -0.15) is 0 Å². The third-order valence-corrected chi connectivity index (χ3v) is 4.54. The van der Waals surface area contributed by atoms with Crippen LogP contribution in [0.2, 0.25) is 0 Å². The molecule has 0 saturated carbocycles. The second kappa shape index (κ2) is 5.42. The molecule has 0 spiro atoms. The van der Waals surface area contributed by atoms with E-state index in [1.165, 1.54) is 18.4 Å². The highest BCUT2D eigenvalue weighted by Crippen LogP contribution is 2.33. The predicted octanol–water partition coefficient (Wildman–Crippen LogP) is 4.16. The second-order valence-corrected chi connectivity index (χ2v) is 7.02. The molecule has 112 valence electrons. The van der Waals surface area contributed by atoms with Crippen molar-refractivity contribution in [1.29, 1.82) is 0 Å². The first-order chi connectivity index (χ1) is 10.4. The Morgan fingerprint density at radius 1 is 0.818 bits per heavy atom. The Balaban J connectivity index is 2.03. The van der Waals surface area contributed by atoms with Crippen molar-refractivity contribution in [2.75, 3.05) is 6.26 Å². The van der Waals surface area contributed by atoms with Gasteiger partial charge in [0, 0.05) is 17.4 Å². The molecule has 0 atom stereocenters. The largest absolute Gasteiger partial charge is 0.471 e. The van der Waals surface area contributed by atoms with E-state index in [0.717, 1.165) is 22.3 Å². The molecule has 0 radical (unpaired) electrons. The van der Waals surface area contributed by atoms with Gasteiger partial charge in [-0.15, -0.1) is 0 Å². The third kappa shape index (κ3) is 2.80. The van der Waals surface area contributed by atoms with Crippen molar-refractivity contribution in [2.45, 2.75) is 4.90 Å². The van der Waals surface area contributed by atoms with E-state index in [1.54, 1.807) is 48.9 Å². The minimum Gasteiger partial charge on any atom is -0.471 e. The predicted molar refractivity (Wildman–Crippen MR) is 82.6 cm³/mol. The van der Waals surface area contributed by atoms with E-state index < -0.39 is 9.84 Å². The van der Waals surface area contributed by atoms with E-state index >= 15 is 0 Å². The molecule has 0 N–H and O–H groups in total. The maximum absolute atomic E-state index is 13.0. The molecule has 0 fully saturated rings. The lowest BCUT2D eigenvalue weighted by Gasteiger charge is -2.05. The van der Waals surface area contributed by atoms with Crippen molar-refractivity contribution in [2.24, 2.45) is 0 Å². The van der Waals surface area contributed by atoms with Gasteiger partial charge >= 0.3 is 0 Å². The SMILES string of the molecule is CS(=O)(=O)c1ccc(-c2cocc2-c2ccc(F)cc2)cc1. The van der Waals surface area contributed by atoms with Gasteiger partial charge in [-0.25, -0.2) is 12.8 Å². The number of benzene rings is 2. The van der Waals surface area contributed by atoms with Crippen LogP contribution in [0.15, 0.2) is 70.4 Å². The zero-order chi connectivity index (χ0) is 15.7. The van der Waals surface area contributed by atoms with Crippen molar-refractivity contribution < 1.29 is 17.2 Å². The van der Waals surface area contributed by atoms with E-state index in [-0.39, 0.29) is 10.7 Å². The Kier molecular flexibility index (Phi) is 3.58. The molecule has 3 rings (SSSR count). The first-order valence-electron chi connectivity index (χ1n) is 6.58. The van der Waals surface area contributed by atoms with Gasteiger partial charge in [-0.05, 0) is 35.4 Å². The van der Waals surface area contributed by atoms with Gasteiger partial charge in [0.2, 0.25) is 0 Å². The minimum absolute atomic E-state index is 0.267. The van der Waals surface area contributed by atoms with Crippen molar-refractivity contribution in [3.8, 4) is 22.3 Å². The van der Waals surface area contributed by atoms with Crippen LogP contribution in [0.25, 0.3) is 22.3 Å². The number of rotatable bonds is 3. The zero-order valence-electron chi connectivity index (χ0n) is 11.8. The summed E-state index contributed by atoms with van der Waals surface area (Å²) in [5.41, 5.74) is 3.32.